The van der Waals surface area contributed by atoms with Crippen LogP contribution in [0.15, 0.2) is 53.7 Å². The molecule has 1 aliphatic heterocycles. The summed E-state index contributed by atoms with van der Waals surface area (Å²) in [5.41, 5.74) is 0.405. The number of thioether (sulfide) groups is 1. The van der Waals surface area contributed by atoms with Gasteiger partial charge in [-0.15, -0.1) is 10.2 Å². The van der Waals surface area contributed by atoms with E-state index in [1.54, 1.807) is 46.1 Å². The normalized spacial score (nSPS) is 13.3. The number of carbonyl (C=O) groups excluding carboxylic acids is 1. The predicted octanol–water partition coefficient (Wildman–Crippen LogP) is 3.53. The summed E-state index contributed by atoms with van der Waals surface area (Å²) in [6.07, 6.45) is 0. The van der Waals surface area contributed by atoms with Gasteiger partial charge in [0.05, 0.1) is 17.1 Å². The van der Waals surface area contributed by atoms with Gasteiger partial charge in [-0.05, 0) is 24.3 Å². The first-order chi connectivity index (χ1) is 13.1. The first-order valence-corrected chi connectivity index (χ1v) is 9.52. The van der Waals surface area contributed by atoms with Gasteiger partial charge in [0.1, 0.15) is 18.2 Å². The number of hydrogen-bond donors (Lipinski definition) is 0. The van der Waals surface area contributed by atoms with E-state index < -0.39 is 0 Å². The van der Waals surface area contributed by atoms with Crippen LogP contribution in [0.3, 0.4) is 0 Å². The van der Waals surface area contributed by atoms with Crippen LogP contribution in [0, 0.1) is 5.82 Å². The molecule has 0 radical (unpaired) electrons. The molecule has 0 saturated heterocycles. The van der Waals surface area contributed by atoms with Gasteiger partial charge in [-0.2, -0.15) is 0 Å². The molecule has 138 valence electrons. The minimum atomic E-state index is -0.387. The number of carbonyl (C=O) groups is 1. The van der Waals surface area contributed by atoms with Crippen molar-refractivity contribution in [1.82, 2.24) is 14.9 Å². The minimum Gasteiger partial charge on any atom is -0.485 e. The molecule has 0 spiro atoms. The Balaban J connectivity index is 1.61. The van der Waals surface area contributed by atoms with E-state index in [1.807, 2.05) is 0 Å². The molecule has 1 amide bonds. The lowest BCUT2D eigenvalue weighted by atomic mass is 10.2. The smallest absolute Gasteiger partial charge is 0.274 e. The molecule has 0 bridgehead atoms. The molecule has 2 heterocycles. The third kappa shape index (κ3) is 3.63. The number of nitrogens with zero attached hydrogens (tertiary/aromatic N) is 4. The van der Waals surface area contributed by atoms with Crippen molar-refractivity contribution in [2.75, 3.05) is 17.3 Å². The van der Waals surface area contributed by atoms with Crippen LogP contribution >= 0.6 is 23.4 Å². The summed E-state index contributed by atoms with van der Waals surface area (Å²) in [6.45, 7) is 0.524. The van der Waals surface area contributed by atoms with Crippen molar-refractivity contribution in [3.63, 3.8) is 0 Å². The second-order valence-corrected chi connectivity index (χ2v) is 7.18. The van der Waals surface area contributed by atoms with Crippen molar-refractivity contribution in [1.29, 1.82) is 0 Å². The molecule has 4 rings (SSSR count). The number of benzene rings is 2. The van der Waals surface area contributed by atoms with Crippen LogP contribution in [0.4, 0.5) is 4.39 Å². The maximum absolute atomic E-state index is 13.3. The van der Waals surface area contributed by atoms with Gasteiger partial charge in [0.2, 0.25) is 5.16 Å². The van der Waals surface area contributed by atoms with Crippen LogP contribution in [-0.4, -0.2) is 33.1 Å². The van der Waals surface area contributed by atoms with Gasteiger partial charge in [-0.1, -0.05) is 41.6 Å². The zero-order valence-corrected chi connectivity index (χ0v) is 15.6. The first-order valence-electron chi connectivity index (χ1n) is 8.15. The lowest BCUT2D eigenvalue weighted by Crippen LogP contribution is -2.45. The van der Waals surface area contributed by atoms with Gasteiger partial charge in [-0.3, -0.25) is 4.79 Å². The van der Waals surface area contributed by atoms with E-state index in [4.69, 9.17) is 16.3 Å². The summed E-state index contributed by atoms with van der Waals surface area (Å²) in [5, 5.41) is 10.8. The van der Waals surface area contributed by atoms with Crippen molar-refractivity contribution in [2.24, 2.45) is 0 Å². The molecule has 1 aliphatic rings. The maximum atomic E-state index is 13.3. The van der Waals surface area contributed by atoms with Gasteiger partial charge in [0.25, 0.3) is 5.91 Å². The van der Waals surface area contributed by atoms with Crippen LogP contribution in [0.25, 0.3) is 0 Å². The Labute approximate surface area is 163 Å². The van der Waals surface area contributed by atoms with Crippen molar-refractivity contribution in [2.45, 2.75) is 11.8 Å². The third-order valence-electron chi connectivity index (χ3n) is 3.96. The lowest BCUT2D eigenvalue weighted by molar-refractivity contribution is 0.0953. The number of aromatic nitrogens is 3. The highest BCUT2D eigenvalue weighted by molar-refractivity contribution is 7.99. The number of fused-ring (bicyclic) bond motifs is 1. The Hall–Kier alpha value is -2.58. The van der Waals surface area contributed by atoms with Gasteiger partial charge < -0.3 is 4.74 Å². The van der Waals surface area contributed by atoms with Crippen LogP contribution in [0.2, 0.25) is 5.02 Å². The molecular weight excluding hydrogens is 391 g/mol. The van der Waals surface area contributed by atoms with E-state index in [2.05, 4.69) is 10.2 Å². The number of hydrogen-bond acceptors (Lipinski definition) is 5. The molecule has 0 aliphatic carbocycles. The molecule has 6 nitrogen and oxygen atoms in total. The number of ether oxygens (including phenoxy) is 1. The van der Waals surface area contributed by atoms with Gasteiger partial charge in [-0.25, -0.2) is 14.1 Å². The fraction of sp³-hybridized carbons (Fsp3) is 0.167. The molecule has 9 heteroatoms. The predicted molar refractivity (Wildman–Crippen MR) is 100 cm³/mol. The van der Waals surface area contributed by atoms with Crippen molar-refractivity contribution in [3.8, 4) is 5.75 Å². The highest BCUT2D eigenvalue weighted by atomic mass is 35.5. The molecule has 0 saturated carbocycles. The summed E-state index contributed by atoms with van der Waals surface area (Å²) in [7, 11) is 0. The van der Waals surface area contributed by atoms with Crippen molar-refractivity contribution in [3.05, 3.63) is 70.8 Å². The lowest BCUT2D eigenvalue weighted by Gasteiger charge is -2.29. The molecular formula is C18H14ClFN4O2S. The largest absolute Gasteiger partial charge is 0.485 e. The van der Waals surface area contributed by atoms with Crippen LogP contribution in [0.5, 0.6) is 5.75 Å². The van der Waals surface area contributed by atoms with E-state index >= 15 is 0 Å². The average Bonchev–Trinajstić information content (AvgIpc) is 3.09. The molecule has 27 heavy (non-hydrogen) atoms. The molecule has 0 N–H and O–H groups in total. The summed E-state index contributed by atoms with van der Waals surface area (Å²) in [4.78, 5) is 13.0. The Morgan fingerprint density at radius 3 is 2.89 bits per heavy atom. The second kappa shape index (κ2) is 7.58. The van der Waals surface area contributed by atoms with Gasteiger partial charge >= 0.3 is 0 Å². The molecule has 3 aromatic rings. The standard InChI is InChI=1S/C18H14ClFN4O2S/c19-15-7-2-1-6-14(15)17(25)23-8-9-27-18-22-21-16(24(18)23)11-26-13-5-3-4-12(20)10-13/h1-7,10H,8-9,11H2. The molecule has 1 aromatic heterocycles. The molecule has 0 fully saturated rings. The van der Waals surface area contributed by atoms with Crippen LogP contribution < -0.4 is 9.75 Å². The van der Waals surface area contributed by atoms with E-state index in [0.29, 0.717) is 39.6 Å². The van der Waals surface area contributed by atoms with Crippen molar-refractivity contribution >= 4 is 29.3 Å². The highest BCUT2D eigenvalue weighted by Gasteiger charge is 2.29. The summed E-state index contributed by atoms with van der Waals surface area (Å²) in [6, 6.07) is 12.7. The summed E-state index contributed by atoms with van der Waals surface area (Å²) >= 11 is 7.68. The third-order valence-corrected chi connectivity index (χ3v) is 5.18. The van der Waals surface area contributed by atoms with Gasteiger partial charge in [0.15, 0.2) is 5.82 Å². The molecule has 0 atom stereocenters. The average molecular weight is 405 g/mol. The quantitative estimate of drug-likeness (QED) is 0.665. The fourth-order valence-corrected chi connectivity index (χ4v) is 3.80. The monoisotopic (exact) mass is 404 g/mol. The zero-order valence-electron chi connectivity index (χ0n) is 14.0. The molecule has 0 unspecified atom stereocenters. The Morgan fingerprint density at radius 1 is 1.22 bits per heavy atom. The number of halogens is 2. The van der Waals surface area contributed by atoms with E-state index in [0.717, 1.165) is 0 Å². The summed E-state index contributed by atoms with van der Waals surface area (Å²) in [5.74, 6) is 0.886. The van der Waals surface area contributed by atoms with E-state index in [-0.39, 0.29) is 18.3 Å². The topological polar surface area (TPSA) is 60.3 Å². The Morgan fingerprint density at radius 2 is 2.07 bits per heavy atom. The van der Waals surface area contributed by atoms with Crippen LogP contribution in [-0.2, 0) is 6.61 Å². The highest BCUT2D eigenvalue weighted by Crippen LogP contribution is 2.26. The maximum Gasteiger partial charge on any atom is 0.274 e. The number of amides is 1. The SMILES string of the molecule is O=C(c1ccccc1Cl)N1CCSc2nnc(COc3cccc(F)c3)n21. The van der Waals surface area contributed by atoms with Crippen molar-refractivity contribution < 1.29 is 13.9 Å². The Bertz CT molecular complexity index is 997. The first kappa shape index (κ1) is 17.8. The summed E-state index contributed by atoms with van der Waals surface area (Å²) < 4.78 is 20.6. The number of rotatable bonds is 4. The van der Waals surface area contributed by atoms with E-state index in [1.165, 1.54) is 23.9 Å². The Kier molecular flexibility index (Phi) is 5.00. The van der Waals surface area contributed by atoms with Crippen LogP contribution in [0.1, 0.15) is 16.2 Å². The second-order valence-electron chi connectivity index (χ2n) is 5.71. The fourth-order valence-electron chi connectivity index (χ4n) is 2.71. The van der Waals surface area contributed by atoms with Gasteiger partial charge in [0, 0.05) is 11.8 Å². The van der Waals surface area contributed by atoms with E-state index in [9.17, 15) is 9.18 Å². The minimum absolute atomic E-state index is 0.0450. The molecule has 2 aromatic carbocycles. The zero-order chi connectivity index (χ0) is 18.8.